The fraction of sp³-hybridized carbons (Fsp3) is 0.375. The minimum atomic E-state index is -0.263. The maximum absolute atomic E-state index is 10.9. The third kappa shape index (κ3) is 1.05. The molecule has 12 heavy (non-hydrogen) atoms. The van der Waals surface area contributed by atoms with Gasteiger partial charge in [-0.25, -0.2) is 0 Å². The lowest BCUT2D eigenvalue weighted by Gasteiger charge is -2.17. The van der Waals surface area contributed by atoms with E-state index < -0.39 is 0 Å². The second-order valence-corrected chi connectivity index (χ2v) is 2.90. The Balaban J connectivity index is 2.60. The normalized spacial score (nSPS) is 15.0. The van der Waals surface area contributed by atoms with E-state index in [0.717, 1.165) is 24.9 Å². The van der Waals surface area contributed by atoms with Crippen LogP contribution >= 0.6 is 0 Å². The molecule has 1 aromatic rings. The summed E-state index contributed by atoms with van der Waals surface area (Å²) in [6.07, 6.45) is 1.82. The molecule has 0 fully saturated rings. The first kappa shape index (κ1) is 7.21. The maximum atomic E-state index is 10.9. The van der Waals surface area contributed by atoms with Gasteiger partial charge in [-0.05, 0) is 12.8 Å². The summed E-state index contributed by atoms with van der Waals surface area (Å²) < 4.78 is 0. The minimum absolute atomic E-state index is 0.0981. The number of anilines is 1. The molecule has 64 valence electrons. The van der Waals surface area contributed by atoms with Crippen molar-refractivity contribution in [3.8, 4) is 5.75 Å². The van der Waals surface area contributed by atoms with E-state index in [0.29, 0.717) is 5.82 Å². The number of aromatic amines is 1. The first-order valence-electron chi connectivity index (χ1n) is 3.96. The van der Waals surface area contributed by atoms with Crippen LogP contribution in [-0.4, -0.2) is 16.6 Å². The molecule has 2 rings (SSSR count). The average molecular weight is 166 g/mol. The lowest BCUT2D eigenvalue weighted by Crippen LogP contribution is -2.18. The molecule has 1 aliphatic rings. The van der Waals surface area contributed by atoms with Crippen molar-refractivity contribution in [1.29, 1.82) is 0 Å². The zero-order chi connectivity index (χ0) is 8.55. The predicted octanol–water partition coefficient (Wildman–Crippen LogP) is 0.439. The van der Waals surface area contributed by atoms with Gasteiger partial charge in [0.05, 0.1) is 0 Å². The van der Waals surface area contributed by atoms with E-state index >= 15 is 0 Å². The average Bonchev–Trinajstić information content (AvgIpc) is 2.04. The first-order chi connectivity index (χ1) is 5.77. The summed E-state index contributed by atoms with van der Waals surface area (Å²) in [5.41, 5.74) is 0.557. The molecule has 0 aliphatic carbocycles. The number of fused-ring (bicyclic) bond motifs is 1. The summed E-state index contributed by atoms with van der Waals surface area (Å²) in [5.74, 6) is 0.771. The van der Waals surface area contributed by atoms with Crippen LogP contribution in [0.1, 0.15) is 12.0 Å². The van der Waals surface area contributed by atoms with Gasteiger partial charge in [-0.1, -0.05) is 0 Å². The van der Waals surface area contributed by atoms with Crippen molar-refractivity contribution in [2.24, 2.45) is 0 Å². The van der Waals surface area contributed by atoms with Gasteiger partial charge in [-0.3, -0.25) is 4.79 Å². The number of rotatable bonds is 0. The van der Waals surface area contributed by atoms with Gasteiger partial charge in [0.2, 0.25) is 0 Å². The molecule has 1 aromatic heterocycles. The molecule has 0 amide bonds. The van der Waals surface area contributed by atoms with Gasteiger partial charge in [0.25, 0.3) is 5.56 Å². The number of nitrogens with one attached hydrogen (secondary N) is 2. The van der Waals surface area contributed by atoms with Gasteiger partial charge < -0.3 is 15.4 Å². The zero-order valence-electron chi connectivity index (χ0n) is 6.55. The van der Waals surface area contributed by atoms with Crippen LogP contribution in [-0.2, 0) is 6.42 Å². The standard InChI is InChI=1S/C8H10N2O2/c11-6-4-7(12)10-8-5(6)2-1-3-9-8/h4H,1-3H2,(H3,9,10,11,12). The topological polar surface area (TPSA) is 65.1 Å². The summed E-state index contributed by atoms with van der Waals surface area (Å²) in [7, 11) is 0. The Kier molecular flexibility index (Phi) is 1.53. The van der Waals surface area contributed by atoms with Crippen LogP contribution in [0.3, 0.4) is 0 Å². The number of hydrogen-bond acceptors (Lipinski definition) is 3. The van der Waals surface area contributed by atoms with Crippen molar-refractivity contribution in [3.63, 3.8) is 0 Å². The third-order valence-electron chi connectivity index (χ3n) is 2.03. The molecule has 1 aliphatic heterocycles. The van der Waals surface area contributed by atoms with Gasteiger partial charge in [0.15, 0.2) is 0 Å². The van der Waals surface area contributed by atoms with E-state index in [2.05, 4.69) is 10.3 Å². The van der Waals surface area contributed by atoms with Gasteiger partial charge in [-0.15, -0.1) is 0 Å². The molecule has 0 bridgehead atoms. The number of aromatic nitrogens is 1. The van der Waals surface area contributed by atoms with E-state index in [4.69, 9.17) is 0 Å². The highest BCUT2D eigenvalue weighted by atomic mass is 16.3. The fourth-order valence-electron chi connectivity index (χ4n) is 1.46. The highest BCUT2D eigenvalue weighted by Gasteiger charge is 2.13. The second-order valence-electron chi connectivity index (χ2n) is 2.90. The number of hydrogen-bond donors (Lipinski definition) is 3. The number of pyridine rings is 1. The van der Waals surface area contributed by atoms with Crippen LogP contribution in [0.25, 0.3) is 0 Å². The van der Waals surface area contributed by atoms with Crippen LogP contribution in [0, 0.1) is 0 Å². The Morgan fingerprint density at radius 2 is 2.33 bits per heavy atom. The molecule has 0 saturated heterocycles. The Hall–Kier alpha value is -1.45. The van der Waals surface area contributed by atoms with Crippen molar-refractivity contribution in [1.82, 2.24) is 4.98 Å². The monoisotopic (exact) mass is 166 g/mol. The SMILES string of the molecule is O=c1cc(O)c2c([nH]1)NCCC2. The van der Waals surface area contributed by atoms with E-state index in [1.54, 1.807) is 0 Å². The molecule has 0 saturated carbocycles. The molecule has 3 N–H and O–H groups in total. The minimum Gasteiger partial charge on any atom is -0.507 e. The van der Waals surface area contributed by atoms with Gasteiger partial charge in [-0.2, -0.15) is 0 Å². The highest BCUT2D eigenvalue weighted by molar-refractivity contribution is 5.52. The lowest BCUT2D eigenvalue weighted by atomic mass is 10.1. The number of H-pyrrole nitrogens is 1. The summed E-state index contributed by atoms with van der Waals surface area (Å²) >= 11 is 0. The van der Waals surface area contributed by atoms with E-state index in [1.807, 2.05) is 0 Å². The van der Waals surface area contributed by atoms with Gasteiger partial charge in [0, 0.05) is 18.2 Å². The summed E-state index contributed by atoms with van der Waals surface area (Å²) in [5, 5.41) is 12.4. The van der Waals surface area contributed by atoms with Crippen molar-refractivity contribution < 1.29 is 5.11 Å². The Bertz CT molecular complexity index is 357. The van der Waals surface area contributed by atoms with Crippen LogP contribution in [0.15, 0.2) is 10.9 Å². The summed E-state index contributed by atoms with van der Waals surface area (Å²) in [4.78, 5) is 13.5. The van der Waals surface area contributed by atoms with E-state index in [1.165, 1.54) is 6.07 Å². The molecular weight excluding hydrogens is 156 g/mol. The van der Waals surface area contributed by atoms with Crippen molar-refractivity contribution >= 4 is 5.82 Å². The molecule has 0 aromatic carbocycles. The Morgan fingerprint density at radius 1 is 1.50 bits per heavy atom. The zero-order valence-corrected chi connectivity index (χ0v) is 6.55. The summed E-state index contributed by atoms with van der Waals surface area (Å²) in [6, 6.07) is 1.21. The smallest absolute Gasteiger partial charge is 0.253 e. The van der Waals surface area contributed by atoms with E-state index in [9.17, 15) is 9.90 Å². The highest BCUT2D eigenvalue weighted by Crippen LogP contribution is 2.25. The predicted molar refractivity (Wildman–Crippen MR) is 45.5 cm³/mol. The molecule has 0 radical (unpaired) electrons. The van der Waals surface area contributed by atoms with Crippen LogP contribution in [0.5, 0.6) is 5.75 Å². The molecule has 4 heteroatoms. The van der Waals surface area contributed by atoms with Gasteiger partial charge in [0.1, 0.15) is 11.6 Å². The molecular formula is C8H10N2O2. The molecule has 0 atom stereocenters. The van der Waals surface area contributed by atoms with Gasteiger partial charge >= 0.3 is 0 Å². The van der Waals surface area contributed by atoms with E-state index in [-0.39, 0.29) is 11.3 Å². The quantitative estimate of drug-likeness (QED) is 0.524. The fourth-order valence-corrected chi connectivity index (χ4v) is 1.46. The second kappa shape index (κ2) is 2.55. The largest absolute Gasteiger partial charge is 0.507 e. The molecule has 2 heterocycles. The van der Waals surface area contributed by atoms with Crippen LogP contribution in [0.4, 0.5) is 5.82 Å². The molecule has 0 spiro atoms. The molecule has 0 unspecified atom stereocenters. The van der Waals surface area contributed by atoms with Crippen LogP contribution < -0.4 is 10.9 Å². The maximum Gasteiger partial charge on any atom is 0.253 e. The number of aromatic hydroxyl groups is 1. The lowest BCUT2D eigenvalue weighted by molar-refractivity contribution is 0.464. The Labute approximate surface area is 69.2 Å². The van der Waals surface area contributed by atoms with Crippen molar-refractivity contribution in [2.75, 3.05) is 11.9 Å². The van der Waals surface area contributed by atoms with Crippen molar-refractivity contribution in [3.05, 3.63) is 22.0 Å². The summed E-state index contributed by atoms with van der Waals surface area (Å²) in [6.45, 7) is 0.854. The first-order valence-corrected chi connectivity index (χ1v) is 3.96. The van der Waals surface area contributed by atoms with Crippen molar-refractivity contribution in [2.45, 2.75) is 12.8 Å². The molecule has 4 nitrogen and oxygen atoms in total. The third-order valence-corrected chi connectivity index (χ3v) is 2.03. The Morgan fingerprint density at radius 3 is 3.17 bits per heavy atom. The van der Waals surface area contributed by atoms with Crippen LogP contribution in [0.2, 0.25) is 0 Å².